The molecule has 4 rings (SSSR count). The molecule has 0 unspecified atom stereocenters. The van der Waals surface area contributed by atoms with Crippen LogP contribution in [0.1, 0.15) is 28.1 Å². The molecule has 0 saturated heterocycles. The maximum Gasteiger partial charge on any atom is 0.225 e. The fourth-order valence-corrected chi connectivity index (χ4v) is 3.92. The normalized spacial score (nSPS) is 11.1. The van der Waals surface area contributed by atoms with Crippen molar-refractivity contribution in [3.63, 3.8) is 0 Å². The number of fused-ring (bicyclic) bond motifs is 1. The molecule has 7 heteroatoms. The van der Waals surface area contributed by atoms with E-state index in [1.807, 2.05) is 66.7 Å². The topological polar surface area (TPSA) is 80.6 Å². The maximum absolute atomic E-state index is 13.0. The van der Waals surface area contributed by atoms with Crippen molar-refractivity contribution in [1.82, 2.24) is 5.32 Å². The number of amides is 1. The molecule has 0 atom stereocenters. The first-order valence-corrected chi connectivity index (χ1v) is 12.0. The highest BCUT2D eigenvalue weighted by Crippen LogP contribution is 2.34. The minimum Gasteiger partial charge on any atom is -0.497 e. The van der Waals surface area contributed by atoms with Crippen LogP contribution in [0.2, 0.25) is 0 Å². The number of furan rings is 1. The number of benzene rings is 3. The summed E-state index contributed by atoms with van der Waals surface area (Å²) in [6, 6.07) is 22.7. The van der Waals surface area contributed by atoms with Gasteiger partial charge in [-0.15, -0.1) is 0 Å². The Morgan fingerprint density at radius 1 is 1.03 bits per heavy atom. The average Bonchev–Trinajstić information content (AvgIpc) is 3.23. The van der Waals surface area contributed by atoms with Gasteiger partial charge in [0.25, 0.3) is 0 Å². The van der Waals surface area contributed by atoms with Crippen molar-refractivity contribution in [2.75, 3.05) is 19.0 Å². The number of ketones is 1. The van der Waals surface area contributed by atoms with Gasteiger partial charge >= 0.3 is 0 Å². The summed E-state index contributed by atoms with van der Waals surface area (Å²) in [5, 5.41) is 6.81. The number of rotatable bonds is 10. The van der Waals surface area contributed by atoms with E-state index in [0.717, 1.165) is 21.3 Å². The molecule has 0 aliphatic heterocycles. The van der Waals surface area contributed by atoms with Crippen LogP contribution in [0.25, 0.3) is 17.0 Å². The second-order valence-electron chi connectivity index (χ2n) is 7.88. The molecule has 178 valence electrons. The molecule has 0 radical (unpaired) electrons. The zero-order valence-corrected chi connectivity index (χ0v) is 20.8. The summed E-state index contributed by atoms with van der Waals surface area (Å²) >= 11 is 3.45. The van der Waals surface area contributed by atoms with Crippen LogP contribution in [0, 0.1) is 0 Å². The first-order valence-electron chi connectivity index (χ1n) is 11.2. The summed E-state index contributed by atoms with van der Waals surface area (Å²) in [5.74, 6) is 0.278. The molecule has 1 aromatic heterocycles. The number of hydrogen-bond acceptors (Lipinski definition) is 5. The Hall–Kier alpha value is -3.68. The van der Waals surface area contributed by atoms with E-state index < -0.39 is 0 Å². The zero-order valence-electron chi connectivity index (χ0n) is 19.2. The van der Waals surface area contributed by atoms with Crippen LogP contribution in [-0.4, -0.2) is 25.3 Å². The monoisotopic (exact) mass is 532 g/mol. The van der Waals surface area contributed by atoms with Crippen molar-refractivity contribution in [3.8, 4) is 5.75 Å². The molecule has 3 aromatic carbocycles. The fourth-order valence-electron chi connectivity index (χ4n) is 3.56. The lowest BCUT2D eigenvalue weighted by Gasteiger charge is -2.07. The molecule has 1 amide bonds. The van der Waals surface area contributed by atoms with Gasteiger partial charge in [-0.3, -0.25) is 9.59 Å². The average molecular weight is 533 g/mol. The van der Waals surface area contributed by atoms with Crippen molar-refractivity contribution in [2.24, 2.45) is 0 Å². The van der Waals surface area contributed by atoms with Crippen LogP contribution in [0.5, 0.6) is 5.75 Å². The molecule has 2 N–H and O–H groups in total. The van der Waals surface area contributed by atoms with Crippen LogP contribution in [0.3, 0.4) is 0 Å². The van der Waals surface area contributed by atoms with Crippen molar-refractivity contribution in [1.29, 1.82) is 0 Å². The molecule has 4 aromatic rings. The van der Waals surface area contributed by atoms with Gasteiger partial charge in [0.15, 0.2) is 5.76 Å². The minimum atomic E-state index is -0.342. The lowest BCUT2D eigenvalue weighted by Crippen LogP contribution is -2.22. The molecular weight excluding hydrogens is 508 g/mol. The molecule has 0 aliphatic rings. The number of methoxy groups -OCH3 is 1. The summed E-state index contributed by atoms with van der Waals surface area (Å²) in [7, 11) is 1.60. The third-order valence-electron chi connectivity index (χ3n) is 5.38. The van der Waals surface area contributed by atoms with E-state index in [0.29, 0.717) is 29.7 Å². The number of allylic oxidation sites excluding steroid dienone is 1. The number of carbonyl (C=O) groups excluding carboxylic acids is 2. The number of halogens is 1. The van der Waals surface area contributed by atoms with E-state index in [-0.39, 0.29) is 23.9 Å². The molecular formula is C28H25BrN2O4. The van der Waals surface area contributed by atoms with Crippen LogP contribution in [-0.2, 0) is 11.3 Å². The maximum atomic E-state index is 13.0. The first kappa shape index (κ1) is 24.4. The van der Waals surface area contributed by atoms with Crippen molar-refractivity contribution >= 4 is 50.4 Å². The highest BCUT2D eigenvalue weighted by atomic mass is 79.9. The highest BCUT2D eigenvalue weighted by Gasteiger charge is 2.21. The number of anilines is 1. The summed E-state index contributed by atoms with van der Waals surface area (Å²) < 4.78 is 11.8. The number of hydrogen-bond donors (Lipinski definition) is 2. The quantitative estimate of drug-likeness (QED) is 0.144. The zero-order chi connectivity index (χ0) is 24.6. The number of carbonyl (C=O) groups is 2. The SMILES string of the molecule is COc1ccc(C=CC(=O)c2oc3ccc(Br)cc3c2NC(=O)CCNCc2ccccc2)cc1. The molecule has 35 heavy (non-hydrogen) atoms. The van der Waals surface area contributed by atoms with Crippen LogP contribution in [0.15, 0.2) is 87.8 Å². The molecule has 0 saturated carbocycles. The molecule has 1 heterocycles. The minimum absolute atomic E-state index is 0.0912. The lowest BCUT2D eigenvalue weighted by atomic mass is 10.1. The standard InChI is InChI=1S/C28H25BrN2O4/c1-34-22-11-7-19(8-12-22)9-13-24(32)28-27(23-17-21(29)10-14-25(23)35-28)31-26(33)15-16-30-18-20-5-3-2-4-6-20/h2-14,17,30H,15-16,18H2,1H3,(H,31,33). The van der Waals surface area contributed by atoms with E-state index >= 15 is 0 Å². The Labute approximate surface area is 212 Å². The van der Waals surface area contributed by atoms with Gasteiger partial charge in [0.2, 0.25) is 11.7 Å². The van der Waals surface area contributed by atoms with Crippen LogP contribution >= 0.6 is 15.9 Å². The van der Waals surface area contributed by atoms with Crippen LogP contribution < -0.4 is 15.4 Å². The fraction of sp³-hybridized carbons (Fsp3) is 0.143. The Morgan fingerprint density at radius 3 is 2.54 bits per heavy atom. The Kier molecular flexibility index (Phi) is 8.13. The Morgan fingerprint density at radius 2 is 1.80 bits per heavy atom. The van der Waals surface area contributed by atoms with E-state index in [1.54, 1.807) is 19.3 Å². The number of nitrogens with one attached hydrogen (secondary N) is 2. The van der Waals surface area contributed by atoms with Gasteiger partial charge < -0.3 is 19.8 Å². The van der Waals surface area contributed by atoms with Crippen molar-refractivity contribution in [3.05, 3.63) is 100 Å². The molecule has 0 fully saturated rings. The summed E-state index contributed by atoms with van der Waals surface area (Å²) in [4.78, 5) is 25.8. The van der Waals surface area contributed by atoms with Crippen LogP contribution in [0.4, 0.5) is 5.69 Å². The first-order chi connectivity index (χ1) is 17.0. The summed E-state index contributed by atoms with van der Waals surface area (Å²) in [6.07, 6.45) is 3.39. The second kappa shape index (κ2) is 11.6. The highest BCUT2D eigenvalue weighted by molar-refractivity contribution is 9.10. The van der Waals surface area contributed by atoms with Gasteiger partial charge in [-0.25, -0.2) is 0 Å². The smallest absolute Gasteiger partial charge is 0.225 e. The van der Waals surface area contributed by atoms with Gasteiger partial charge in [0.1, 0.15) is 11.3 Å². The third-order valence-corrected chi connectivity index (χ3v) is 5.88. The second-order valence-corrected chi connectivity index (χ2v) is 8.79. The largest absolute Gasteiger partial charge is 0.497 e. The molecule has 6 nitrogen and oxygen atoms in total. The van der Waals surface area contributed by atoms with Gasteiger partial charge in [-0.2, -0.15) is 0 Å². The van der Waals surface area contributed by atoms with E-state index in [9.17, 15) is 9.59 Å². The molecule has 0 aliphatic carbocycles. The van der Waals surface area contributed by atoms with Crippen molar-refractivity contribution < 1.29 is 18.7 Å². The predicted molar refractivity (Wildman–Crippen MR) is 142 cm³/mol. The van der Waals surface area contributed by atoms with Gasteiger partial charge in [-0.1, -0.05) is 64.5 Å². The Balaban J connectivity index is 1.47. The number of ether oxygens (including phenoxy) is 1. The van der Waals surface area contributed by atoms with E-state index in [4.69, 9.17) is 9.15 Å². The molecule has 0 spiro atoms. The molecule has 0 bridgehead atoms. The van der Waals surface area contributed by atoms with Gasteiger partial charge in [0.05, 0.1) is 12.8 Å². The van der Waals surface area contributed by atoms with Crippen molar-refractivity contribution in [2.45, 2.75) is 13.0 Å². The lowest BCUT2D eigenvalue weighted by molar-refractivity contribution is -0.116. The summed E-state index contributed by atoms with van der Waals surface area (Å²) in [5.41, 5.74) is 2.88. The van der Waals surface area contributed by atoms with E-state index in [2.05, 4.69) is 26.6 Å². The summed E-state index contributed by atoms with van der Waals surface area (Å²) in [6.45, 7) is 1.18. The third kappa shape index (κ3) is 6.47. The van der Waals surface area contributed by atoms with Gasteiger partial charge in [-0.05, 0) is 47.5 Å². The Bertz CT molecular complexity index is 1340. The van der Waals surface area contributed by atoms with E-state index in [1.165, 1.54) is 6.08 Å². The van der Waals surface area contributed by atoms with Gasteiger partial charge in [0, 0.05) is 29.4 Å². The predicted octanol–water partition coefficient (Wildman–Crippen LogP) is 6.22.